The van der Waals surface area contributed by atoms with Crippen molar-refractivity contribution in [3.8, 4) is 0 Å². The molecule has 1 nitrogen and oxygen atoms in total. The monoisotopic (exact) mass is 672 g/mol. The zero-order valence-corrected chi connectivity index (χ0v) is 32.0. The van der Waals surface area contributed by atoms with Gasteiger partial charge in [0.25, 0.3) is 0 Å². The molecule has 0 spiro atoms. The van der Waals surface area contributed by atoms with Gasteiger partial charge in [0.05, 0.1) is 0 Å². The predicted molar refractivity (Wildman–Crippen MR) is 216 cm³/mol. The fourth-order valence-electron chi connectivity index (χ4n) is 11.6. The molecule has 0 aromatic rings. The second kappa shape index (κ2) is 17.4. The fourth-order valence-corrected chi connectivity index (χ4v) is 11.6. The summed E-state index contributed by atoms with van der Waals surface area (Å²) in [5, 5.41) is 4.18. The molecule has 0 saturated heterocycles. The van der Waals surface area contributed by atoms with E-state index >= 15 is 0 Å². The van der Waals surface area contributed by atoms with Crippen molar-refractivity contribution >= 4 is 0 Å². The molecular formula is C49H69N. The van der Waals surface area contributed by atoms with Crippen LogP contribution in [0.15, 0.2) is 107 Å². The summed E-state index contributed by atoms with van der Waals surface area (Å²) in [5.74, 6) is 6.61. The molecule has 0 aromatic heterocycles. The van der Waals surface area contributed by atoms with Gasteiger partial charge in [0.2, 0.25) is 0 Å². The van der Waals surface area contributed by atoms with Crippen molar-refractivity contribution in [2.45, 2.75) is 136 Å². The number of hydrogen-bond acceptors (Lipinski definition) is 1. The van der Waals surface area contributed by atoms with Crippen LogP contribution in [-0.4, -0.2) is 12.6 Å². The van der Waals surface area contributed by atoms with Crippen molar-refractivity contribution < 1.29 is 0 Å². The van der Waals surface area contributed by atoms with Crippen LogP contribution in [0.25, 0.3) is 0 Å². The van der Waals surface area contributed by atoms with Gasteiger partial charge in [0.1, 0.15) is 0 Å². The van der Waals surface area contributed by atoms with Crippen molar-refractivity contribution in [2.75, 3.05) is 6.54 Å². The standard InChI is InChI=1S/C49H69N/c1-4-36(5-2)40-27-29-44(30-28-40)49(34-50-46-32-31-39-15-9-10-16-45(39)33-46)48-18-12-11-17-47(48)35(3)37-19-21-42(22-20-37)43-25-23-41(24-26-43)38-13-7-6-8-14-38/h4,6-7,10-12,16-18,21,23,31-32,37-40,43-46,48-50H,5,8-9,13-15,19-20,22,24-30,33-34H2,1-3H3/b36-4+,47-35+/t37?,38-,39?,40?,43-,44?,45?,46?,48?,49?/m1/s1. The largest absolute Gasteiger partial charge is 0.310 e. The summed E-state index contributed by atoms with van der Waals surface area (Å²) in [7, 11) is 0. The van der Waals surface area contributed by atoms with Gasteiger partial charge in [0, 0.05) is 12.0 Å². The Kier molecular flexibility index (Phi) is 12.5. The maximum Gasteiger partial charge on any atom is 0.0256 e. The van der Waals surface area contributed by atoms with E-state index in [-0.39, 0.29) is 0 Å². The molecule has 270 valence electrons. The van der Waals surface area contributed by atoms with Crippen LogP contribution in [0.4, 0.5) is 0 Å². The third kappa shape index (κ3) is 8.46. The first-order valence-electron chi connectivity index (χ1n) is 21.4. The quantitative estimate of drug-likeness (QED) is 0.228. The molecule has 7 aliphatic rings. The number of allylic oxidation sites excluding steroid dienone is 17. The van der Waals surface area contributed by atoms with Gasteiger partial charge in [-0.25, -0.2) is 0 Å². The minimum absolute atomic E-state index is 0.510. The van der Waals surface area contributed by atoms with Crippen LogP contribution in [0.2, 0.25) is 0 Å². The molecule has 50 heavy (non-hydrogen) atoms. The zero-order chi connectivity index (χ0) is 34.3. The van der Waals surface area contributed by atoms with Crippen molar-refractivity contribution in [1.29, 1.82) is 0 Å². The lowest BCUT2D eigenvalue weighted by atomic mass is 9.66. The van der Waals surface area contributed by atoms with E-state index in [0.29, 0.717) is 23.8 Å². The number of rotatable bonds is 10. The van der Waals surface area contributed by atoms with Crippen molar-refractivity contribution in [2.24, 2.45) is 53.3 Å². The van der Waals surface area contributed by atoms with Gasteiger partial charge in [-0.1, -0.05) is 108 Å². The molecule has 1 fully saturated rings. The van der Waals surface area contributed by atoms with Gasteiger partial charge in [0.15, 0.2) is 0 Å². The molecule has 1 heteroatoms. The zero-order valence-electron chi connectivity index (χ0n) is 32.0. The normalized spacial score (nSPS) is 37.6. The van der Waals surface area contributed by atoms with Gasteiger partial charge in [-0.05, 0) is 182 Å². The van der Waals surface area contributed by atoms with E-state index < -0.39 is 0 Å². The first kappa shape index (κ1) is 36.0. The lowest BCUT2D eigenvalue weighted by Gasteiger charge is -2.41. The van der Waals surface area contributed by atoms with Crippen LogP contribution in [-0.2, 0) is 0 Å². The number of nitrogens with one attached hydrogen (secondary N) is 1. The summed E-state index contributed by atoms with van der Waals surface area (Å²) in [6, 6.07) is 0.510. The lowest BCUT2D eigenvalue weighted by Crippen LogP contribution is -2.42. The molecule has 6 unspecified atom stereocenters. The highest BCUT2D eigenvalue weighted by Crippen LogP contribution is 2.46. The minimum Gasteiger partial charge on any atom is -0.310 e. The van der Waals surface area contributed by atoms with Crippen LogP contribution in [0, 0.1) is 53.3 Å². The Morgan fingerprint density at radius 3 is 2.28 bits per heavy atom. The van der Waals surface area contributed by atoms with E-state index in [1.165, 1.54) is 109 Å². The minimum atomic E-state index is 0.510. The van der Waals surface area contributed by atoms with Gasteiger partial charge in [-0.3, -0.25) is 0 Å². The molecule has 0 amide bonds. The molecule has 0 aromatic carbocycles. The molecule has 7 aliphatic carbocycles. The Balaban J connectivity index is 1.04. The maximum atomic E-state index is 4.18. The molecule has 0 bridgehead atoms. The van der Waals surface area contributed by atoms with Gasteiger partial charge in [-0.2, -0.15) is 0 Å². The summed E-state index contributed by atoms with van der Waals surface area (Å²) in [5.41, 5.74) is 8.62. The van der Waals surface area contributed by atoms with E-state index in [2.05, 4.69) is 105 Å². The molecule has 8 atom stereocenters. The summed E-state index contributed by atoms with van der Waals surface area (Å²) < 4.78 is 0. The second-order valence-electron chi connectivity index (χ2n) is 17.4. The van der Waals surface area contributed by atoms with Crippen LogP contribution in [0.1, 0.15) is 130 Å². The third-order valence-electron chi connectivity index (χ3n) is 14.8. The van der Waals surface area contributed by atoms with Crippen LogP contribution >= 0.6 is 0 Å². The highest BCUT2D eigenvalue weighted by atomic mass is 14.9. The first-order valence-corrected chi connectivity index (χ1v) is 21.4. The van der Waals surface area contributed by atoms with Crippen LogP contribution in [0.5, 0.6) is 0 Å². The SMILES string of the molecule is C/C=C(\CC)C1CCC(C(CNC2C=CC3CCC=CC3C2)C2C=CC=C/C2=C(/C)C2CC=C([C@@H]3CC=C([C@@H]4CC=CCC4)CC3)CC2)CC1. The Morgan fingerprint density at radius 2 is 1.56 bits per heavy atom. The average molecular weight is 672 g/mol. The molecule has 1 saturated carbocycles. The topological polar surface area (TPSA) is 12.0 Å². The Hall–Kier alpha value is -2.38. The molecular weight excluding hydrogens is 603 g/mol. The van der Waals surface area contributed by atoms with Gasteiger partial charge >= 0.3 is 0 Å². The van der Waals surface area contributed by atoms with Crippen LogP contribution in [0.3, 0.4) is 0 Å². The fraction of sp³-hybridized carbons (Fsp3) is 0.633. The smallest absolute Gasteiger partial charge is 0.0256 e. The Morgan fingerprint density at radius 1 is 0.760 bits per heavy atom. The average Bonchev–Trinajstić information content (AvgIpc) is 3.19. The van der Waals surface area contributed by atoms with E-state index in [9.17, 15) is 0 Å². The highest BCUT2D eigenvalue weighted by molar-refractivity contribution is 5.39. The molecule has 7 rings (SSSR count). The molecule has 1 N–H and O–H groups in total. The van der Waals surface area contributed by atoms with E-state index in [4.69, 9.17) is 0 Å². The predicted octanol–water partition coefficient (Wildman–Crippen LogP) is 13.1. The van der Waals surface area contributed by atoms with Gasteiger partial charge < -0.3 is 5.32 Å². The molecule has 0 aliphatic heterocycles. The Labute approximate surface area is 307 Å². The number of hydrogen-bond donors (Lipinski definition) is 1. The third-order valence-corrected chi connectivity index (χ3v) is 14.8. The van der Waals surface area contributed by atoms with Crippen molar-refractivity contribution in [3.05, 3.63) is 107 Å². The molecule has 0 heterocycles. The summed E-state index contributed by atoms with van der Waals surface area (Å²) in [4.78, 5) is 0. The van der Waals surface area contributed by atoms with E-state index in [0.717, 1.165) is 42.1 Å². The number of fused-ring (bicyclic) bond motifs is 1. The second-order valence-corrected chi connectivity index (χ2v) is 17.4. The van der Waals surface area contributed by atoms with Crippen molar-refractivity contribution in [1.82, 2.24) is 5.32 Å². The summed E-state index contributed by atoms with van der Waals surface area (Å²) in [6.45, 7) is 8.28. The molecule has 0 radical (unpaired) electrons. The van der Waals surface area contributed by atoms with Crippen LogP contribution < -0.4 is 5.32 Å². The first-order chi connectivity index (χ1) is 24.6. The maximum absolute atomic E-state index is 4.18. The van der Waals surface area contributed by atoms with E-state index in [1.807, 2.05) is 0 Å². The highest BCUT2D eigenvalue weighted by Gasteiger charge is 2.36. The van der Waals surface area contributed by atoms with Crippen molar-refractivity contribution in [3.63, 3.8) is 0 Å². The summed E-state index contributed by atoms with van der Waals surface area (Å²) >= 11 is 0. The van der Waals surface area contributed by atoms with E-state index in [1.54, 1.807) is 27.9 Å². The van der Waals surface area contributed by atoms with Gasteiger partial charge in [-0.15, -0.1) is 0 Å². The Bertz CT molecular complexity index is 1430. The summed E-state index contributed by atoms with van der Waals surface area (Å²) in [6.07, 6.45) is 55.0. The lowest BCUT2D eigenvalue weighted by molar-refractivity contribution is 0.183.